The van der Waals surface area contributed by atoms with Gasteiger partial charge in [-0.15, -0.1) is 0 Å². The molecule has 1 aromatic carbocycles. The molecule has 0 radical (unpaired) electrons. The van der Waals surface area contributed by atoms with Crippen molar-refractivity contribution in [3.05, 3.63) is 42.1 Å². The number of hydrogen-bond donors (Lipinski definition) is 1. The van der Waals surface area contributed by atoms with Crippen molar-refractivity contribution < 1.29 is 14.2 Å². The van der Waals surface area contributed by atoms with Crippen LogP contribution in [0.2, 0.25) is 0 Å². The van der Waals surface area contributed by atoms with E-state index in [2.05, 4.69) is 10.3 Å². The number of nitrogens with zero attached hydrogens (tertiary/aromatic N) is 1. The Balaban J connectivity index is 1.41. The zero-order chi connectivity index (χ0) is 14.1. The predicted molar refractivity (Wildman–Crippen MR) is 76.7 cm³/mol. The fourth-order valence-electron chi connectivity index (χ4n) is 2.19. The molecule has 1 fully saturated rings. The number of nitrogens with one attached hydrogen (secondary N) is 1. The summed E-state index contributed by atoms with van der Waals surface area (Å²) < 4.78 is 16.3. The SMILES string of the molecule is c1cc(Oc2ccc3c(c2)OCO3)ncc1CNC1CC1. The standard InChI is InChI=1S/C16H16N2O3/c1-6-16(18-9-11(1)8-17-12-2-3-12)21-13-4-5-14-15(7-13)20-10-19-14/h1,4-7,9,12,17H,2-3,8,10H2. The van der Waals surface area contributed by atoms with E-state index in [1.54, 1.807) is 0 Å². The van der Waals surface area contributed by atoms with Crippen LogP contribution >= 0.6 is 0 Å². The van der Waals surface area contributed by atoms with Gasteiger partial charge < -0.3 is 19.5 Å². The maximum atomic E-state index is 5.73. The molecular weight excluding hydrogens is 268 g/mol. The third-order valence-corrected chi connectivity index (χ3v) is 3.54. The molecule has 0 spiro atoms. The van der Waals surface area contributed by atoms with Crippen molar-refractivity contribution in [1.29, 1.82) is 0 Å². The van der Waals surface area contributed by atoms with Gasteiger partial charge in [0.25, 0.3) is 0 Å². The highest BCUT2D eigenvalue weighted by molar-refractivity contribution is 5.47. The number of hydrogen-bond acceptors (Lipinski definition) is 5. The van der Waals surface area contributed by atoms with Crippen LogP contribution < -0.4 is 19.5 Å². The van der Waals surface area contributed by atoms with Crippen LogP contribution in [0.5, 0.6) is 23.1 Å². The molecule has 2 aliphatic rings. The van der Waals surface area contributed by atoms with E-state index in [-0.39, 0.29) is 6.79 Å². The molecule has 0 saturated heterocycles. The van der Waals surface area contributed by atoms with Crippen LogP contribution in [0.3, 0.4) is 0 Å². The van der Waals surface area contributed by atoms with Gasteiger partial charge in [0.1, 0.15) is 5.75 Å². The van der Waals surface area contributed by atoms with Gasteiger partial charge in [0.15, 0.2) is 11.5 Å². The van der Waals surface area contributed by atoms with E-state index in [1.807, 2.05) is 36.5 Å². The van der Waals surface area contributed by atoms with Gasteiger partial charge in [-0.3, -0.25) is 0 Å². The zero-order valence-electron chi connectivity index (χ0n) is 11.5. The number of fused-ring (bicyclic) bond motifs is 1. The van der Waals surface area contributed by atoms with E-state index in [1.165, 1.54) is 18.4 Å². The highest BCUT2D eigenvalue weighted by Crippen LogP contribution is 2.36. The summed E-state index contributed by atoms with van der Waals surface area (Å²) in [5.41, 5.74) is 1.17. The second-order valence-corrected chi connectivity index (χ2v) is 5.28. The molecule has 0 unspecified atom stereocenters. The Bertz CT molecular complexity index is 638. The van der Waals surface area contributed by atoms with E-state index < -0.39 is 0 Å². The van der Waals surface area contributed by atoms with Crippen LogP contribution in [0.15, 0.2) is 36.5 Å². The zero-order valence-corrected chi connectivity index (χ0v) is 11.5. The quantitative estimate of drug-likeness (QED) is 0.915. The fraction of sp³-hybridized carbons (Fsp3) is 0.312. The Morgan fingerprint density at radius 1 is 1.14 bits per heavy atom. The van der Waals surface area contributed by atoms with E-state index in [9.17, 15) is 0 Å². The molecule has 1 aliphatic heterocycles. The lowest BCUT2D eigenvalue weighted by Crippen LogP contribution is -2.15. The van der Waals surface area contributed by atoms with Crippen LogP contribution in [0, 0.1) is 0 Å². The van der Waals surface area contributed by atoms with Gasteiger partial charge in [-0.25, -0.2) is 4.98 Å². The average Bonchev–Trinajstić information content (AvgIpc) is 3.23. The van der Waals surface area contributed by atoms with Gasteiger partial charge in [-0.2, -0.15) is 0 Å². The minimum absolute atomic E-state index is 0.264. The monoisotopic (exact) mass is 284 g/mol. The molecule has 0 bridgehead atoms. The lowest BCUT2D eigenvalue weighted by molar-refractivity contribution is 0.174. The largest absolute Gasteiger partial charge is 0.454 e. The van der Waals surface area contributed by atoms with Gasteiger partial charge in [-0.1, -0.05) is 6.07 Å². The molecule has 1 saturated carbocycles. The molecule has 1 aromatic heterocycles. The first-order chi connectivity index (χ1) is 10.4. The highest BCUT2D eigenvalue weighted by atomic mass is 16.7. The maximum absolute atomic E-state index is 5.73. The van der Waals surface area contributed by atoms with Gasteiger partial charge in [0.05, 0.1) is 0 Å². The van der Waals surface area contributed by atoms with Crippen LogP contribution in [-0.4, -0.2) is 17.8 Å². The van der Waals surface area contributed by atoms with Crippen LogP contribution in [0.25, 0.3) is 0 Å². The third-order valence-electron chi connectivity index (χ3n) is 3.54. The van der Waals surface area contributed by atoms with Gasteiger partial charge in [-0.05, 0) is 30.5 Å². The maximum Gasteiger partial charge on any atom is 0.231 e. The normalized spacial score (nSPS) is 16.0. The second kappa shape index (κ2) is 5.26. The van der Waals surface area contributed by atoms with Crippen LogP contribution in [0.4, 0.5) is 0 Å². The Kier molecular flexibility index (Phi) is 3.12. The molecule has 108 valence electrons. The highest BCUT2D eigenvalue weighted by Gasteiger charge is 2.20. The molecule has 2 aromatic rings. The summed E-state index contributed by atoms with van der Waals surface area (Å²) in [5.74, 6) is 2.72. The molecular formula is C16H16N2O3. The summed E-state index contributed by atoms with van der Waals surface area (Å²) in [6.45, 7) is 1.13. The lowest BCUT2D eigenvalue weighted by Gasteiger charge is -2.07. The first-order valence-corrected chi connectivity index (χ1v) is 7.13. The minimum atomic E-state index is 0.264. The molecule has 0 atom stereocenters. The van der Waals surface area contributed by atoms with Crippen LogP contribution in [-0.2, 0) is 6.54 Å². The molecule has 2 heterocycles. The van der Waals surface area contributed by atoms with Crippen molar-refractivity contribution >= 4 is 0 Å². The van der Waals surface area contributed by atoms with Gasteiger partial charge >= 0.3 is 0 Å². The second-order valence-electron chi connectivity index (χ2n) is 5.28. The first kappa shape index (κ1) is 12.5. The van der Waals surface area contributed by atoms with E-state index in [4.69, 9.17) is 14.2 Å². The van der Waals surface area contributed by atoms with E-state index >= 15 is 0 Å². The fourth-order valence-corrected chi connectivity index (χ4v) is 2.19. The minimum Gasteiger partial charge on any atom is -0.454 e. The average molecular weight is 284 g/mol. The number of rotatable bonds is 5. The summed E-state index contributed by atoms with van der Waals surface area (Å²) in [6.07, 6.45) is 4.43. The molecule has 5 heteroatoms. The topological polar surface area (TPSA) is 52.6 Å². The summed E-state index contributed by atoms with van der Waals surface area (Å²) in [5, 5.41) is 3.46. The molecule has 0 amide bonds. The van der Waals surface area contributed by atoms with E-state index in [0.717, 1.165) is 12.3 Å². The van der Waals surface area contributed by atoms with Crippen molar-refractivity contribution in [3.63, 3.8) is 0 Å². The van der Waals surface area contributed by atoms with Crippen LogP contribution in [0.1, 0.15) is 18.4 Å². The van der Waals surface area contributed by atoms with Crippen molar-refractivity contribution in [1.82, 2.24) is 10.3 Å². The number of benzene rings is 1. The van der Waals surface area contributed by atoms with E-state index in [0.29, 0.717) is 23.4 Å². The van der Waals surface area contributed by atoms with Crippen molar-refractivity contribution in [2.45, 2.75) is 25.4 Å². The number of pyridine rings is 1. The van der Waals surface area contributed by atoms with Gasteiger partial charge in [0, 0.05) is 30.9 Å². The molecule has 21 heavy (non-hydrogen) atoms. The van der Waals surface area contributed by atoms with Crippen molar-refractivity contribution in [2.24, 2.45) is 0 Å². The Hall–Kier alpha value is -2.27. The Labute approximate surface area is 122 Å². The summed E-state index contributed by atoms with van der Waals surface area (Å²) in [4.78, 5) is 4.33. The predicted octanol–water partition coefficient (Wildman–Crippen LogP) is 2.85. The Morgan fingerprint density at radius 3 is 2.86 bits per heavy atom. The number of aromatic nitrogens is 1. The molecule has 1 N–H and O–H groups in total. The first-order valence-electron chi connectivity index (χ1n) is 7.13. The smallest absolute Gasteiger partial charge is 0.231 e. The van der Waals surface area contributed by atoms with Crippen molar-refractivity contribution in [2.75, 3.05) is 6.79 Å². The van der Waals surface area contributed by atoms with Crippen molar-refractivity contribution in [3.8, 4) is 23.1 Å². The summed E-state index contributed by atoms with van der Waals surface area (Å²) >= 11 is 0. The molecule has 5 nitrogen and oxygen atoms in total. The number of ether oxygens (including phenoxy) is 3. The lowest BCUT2D eigenvalue weighted by atomic mass is 10.3. The third kappa shape index (κ3) is 2.92. The molecule has 4 rings (SSSR count). The summed E-state index contributed by atoms with van der Waals surface area (Å²) in [7, 11) is 0. The molecule has 1 aliphatic carbocycles. The van der Waals surface area contributed by atoms with Gasteiger partial charge in [0.2, 0.25) is 12.7 Å². The summed E-state index contributed by atoms with van der Waals surface area (Å²) in [6, 6.07) is 10.1. The Morgan fingerprint density at radius 2 is 2.05 bits per heavy atom.